The van der Waals surface area contributed by atoms with E-state index in [0.29, 0.717) is 12.0 Å². The van der Waals surface area contributed by atoms with E-state index in [9.17, 15) is 0 Å². The van der Waals surface area contributed by atoms with Crippen LogP contribution in [0.15, 0.2) is 0 Å². The van der Waals surface area contributed by atoms with E-state index >= 15 is 0 Å². The van der Waals surface area contributed by atoms with Gasteiger partial charge in [0.1, 0.15) is 0 Å². The van der Waals surface area contributed by atoms with Gasteiger partial charge in [0.25, 0.3) is 0 Å². The van der Waals surface area contributed by atoms with Gasteiger partial charge in [-0.25, -0.2) is 0 Å². The van der Waals surface area contributed by atoms with E-state index < -0.39 is 0 Å². The Labute approximate surface area is 94.2 Å². The first kappa shape index (κ1) is 11.4. The van der Waals surface area contributed by atoms with Crippen LogP contribution in [-0.4, -0.2) is 30.6 Å². The van der Waals surface area contributed by atoms with Crippen LogP contribution in [0, 0.1) is 17.8 Å². The molecule has 2 rings (SSSR count). The number of hydrogen-bond donors (Lipinski definition) is 1. The lowest BCUT2D eigenvalue weighted by atomic mass is 10.00. The summed E-state index contributed by atoms with van der Waals surface area (Å²) in [5.74, 6) is 2.69. The van der Waals surface area contributed by atoms with Gasteiger partial charge in [-0.15, -0.1) is 0 Å². The summed E-state index contributed by atoms with van der Waals surface area (Å²) in [5.41, 5.74) is 6.22. The lowest BCUT2D eigenvalue weighted by molar-refractivity contribution is 0.258. The number of nitrogens with zero attached hydrogens (tertiary/aromatic N) is 1. The summed E-state index contributed by atoms with van der Waals surface area (Å²) in [6.45, 7) is 8.30. The second-order valence-electron chi connectivity index (χ2n) is 5.72. The molecule has 2 fully saturated rings. The predicted molar refractivity (Wildman–Crippen MR) is 64.7 cm³/mol. The monoisotopic (exact) mass is 210 g/mol. The van der Waals surface area contributed by atoms with Gasteiger partial charge in [0.2, 0.25) is 0 Å². The van der Waals surface area contributed by atoms with Crippen molar-refractivity contribution in [3.63, 3.8) is 0 Å². The molecule has 0 spiro atoms. The third-order valence-corrected chi connectivity index (χ3v) is 4.65. The van der Waals surface area contributed by atoms with Gasteiger partial charge in [0.05, 0.1) is 0 Å². The second kappa shape index (κ2) is 4.84. The van der Waals surface area contributed by atoms with Gasteiger partial charge in [-0.05, 0) is 30.6 Å². The highest BCUT2D eigenvalue weighted by atomic mass is 15.2. The minimum Gasteiger partial charge on any atom is -0.326 e. The number of fused-ring (bicyclic) bond motifs is 1. The third-order valence-electron chi connectivity index (χ3n) is 4.65. The van der Waals surface area contributed by atoms with E-state index in [-0.39, 0.29) is 0 Å². The van der Waals surface area contributed by atoms with Crippen molar-refractivity contribution in [3.8, 4) is 0 Å². The highest BCUT2D eigenvalue weighted by Gasteiger charge is 2.36. The molecule has 2 nitrogen and oxygen atoms in total. The van der Waals surface area contributed by atoms with Crippen LogP contribution < -0.4 is 5.73 Å². The first-order valence-corrected chi connectivity index (χ1v) is 6.68. The van der Waals surface area contributed by atoms with E-state index in [0.717, 1.165) is 18.4 Å². The van der Waals surface area contributed by atoms with Crippen LogP contribution in [0.25, 0.3) is 0 Å². The second-order valence-corrected chi connectivity index (χ2v) is 5.72. The number of rotatable bonds is 4. The zero-order valence-electron chi connectivity index (χ0n) is 10.3. The molecule has 2 N–H and O–H groups in total. The first-order valence-electron chi connectivity index (χ1n) is 6.68. The summed E-state index contributed by atoms with van der Waals surface area (Å²) >= 11 is 0. The van der Waals surface area contributed by atoms with E-state index in [4.69, 9.17) is 5.73 Å². The highest BCUT2D eigenvalue weighted by Crippen LogP contribution is 2.37. The molecular weight excluding hydrogens is 184 g/mol. The van der Waals surface area contributed by atoms with Crippen LogP contribution in [0.5, 0.6) is 0 Å². The lowest BCUT2D eigenvalue weighted by Gasteiger charge is -2.25. The first-order chi connectivity index (χ1) is 7.20. The molecule has 88 valence electrons. The molecule has 1 saturated heterocycles. The molecular formula is C13H26N2. The van der Waals surface area contributed by atoms with Crippen molar-refractivity contribution in [2.45, 2.75) is 45.6 Å². The van der Waals surface area contributed by atoms with Crippen molar-refractivity contribution in [1.82, 2.24) is 4.90 Å². The third kappa shape index (κ3) is 2.54. The van der Waals surface area contributed by atoms with Gasteiger partial charge in [-0.1, -0.05) is 26.7 Å². The summed E-state index contributed by atoms with van der Waals surface area (Å²) < 4.78 is 0. The molecule has 1 heterocycles. The van der Waals surface area contributed by atoms with Crippen molar-refractivity contribution < 1.29 is 0 Å². The Bertz CT molecular complexity index is 193. The van der Waals surface area contributed by atoms with Crippen LogP contribution in [0.1, 0.15) is 39.5 Å². The van der Waals surface area contributed by atoms with Crippen molar-refractivity contribution in [2.24, 2.45) is 23.5 Å². The molecule has 1 saturated carbocycles. The van der Waals surface area contributed by atoms with E-state index in [1.165, 1.54) is 38.8 Å². The van der Waals surface area contributed by atoms with Gasteiger partial charge >= 0.3 is 0 Å². The molecule has 0 amide bonds. The molecule has 0 aromatic heterocycles. The van der Waals surface area contributed by atoms with Crippen molar-refractivity contribution in [1.29, 1.82) is 0 Å². The molecule has 0 radical (unpaired) electrons. The van der Waals surface area contributed by atoms with Crippen molar-refractivity contribution >= 4 is 0 Å². The molecule has 4 atom stereocenters. The Balaban J connectivity index is 1.77. The van der Waals surface area contributed by atoms with Gasteiger partial charge in [-0.2, -0.15) is 0 Å². The summed E-state index contributed by atoms with van der Waals surface area (Å²) in [6.07, 6.45) is 5.63. The van der Waals surface area contributed by atoms with Crippen molar-refractivity contribution in [3.05, 3.63) is 0 Å². The van der Waals surface area contributed by atoms with Gasteiger partial charge < -0.3 is 10.6 Å². The molecule has 15 heavy (non-hydrogen) atoms. The van der Waals surface area contributed by atoms with Crippen LogP contribution >= 0.6 is 0 Å². The van der Waals surface area contributed by atoms with Crippen LogP contribution in [0.4, 0.5) is 0 Å². The molecule has 2 heteroatoms. The molecule has 0 aromatic rings. The standard InChI is InChI=1S/C13H26N2/c1-3-10(2)13(14)9-15-7-11-5-4-6-12(11)8-15/h10-13H,3-9,14H2,1-2H3. The van der Waals surface area contributed by atoms with Crippen LogP contribution in [0.2, 0.25) is 0 Å². The summed E-state index contributed by atoms with van der Waals surface area (Å²) in [7, 11) is 0. The lowest BCUT2D eigenvalue weighted by Crippen LogP contribution is -2.40. The number of hydrogen-bond acceptors (Lipinski definition) is 2. The Morgan fingerprint density at radius 1 is 1.27 bits per heavy atom. The Hall–Kier alpha value is -0.0800. The fraction of sp³-hybridized carbons (Fsp3) is 1.00. The average Bonchev–Trinajstić information content (AvgIpc) is 2.76. The van der Waals surface area contributed by atoms with Crippen LogP contribution in [-0.2, 0) is 0 Å². The molecule has 1 aliphatic heterocycles. The topological polar surface area (TPSA) is 29.3 Å². The van der Waals surface area contributed by atoms with E-state index in [1.54, 1.807) is 0 Å². The molecule has 2 aliphatic rings. The van der Waals surface area contributed by atoms with Gasteiger partial charge in [-0.3, -0.25) is 0 Å². The Kier molecular flexibility index (Phi) is 3.68. The summed E-state index contributed by atoms with van der Waals surface area (Å²) in [5, 5.41) is 0. The minimum absolute atomic E-state index is 0.383. The quantitative estimate of drug-likeness (QED) is 0.770. The number of likely N-dealkylation sites (tertiary alicyclic amines) is 1. The minimum atomic E-state index is 0.383. The maximum absolute atomic E-state index is 6.22. The van der Waals surface area contributed by atoms with Gasteiger partial charge in [0, 0.05) is 25.7 Å². The Morgan fingerprint density at radius 3 is 2.40 bits per heavy atom. The summed E-state index contributed by atoms with van der Waals surface area (Å²) in [6, 6.07) is 0.383. The molecule has 0 aromatic carbocycles. The zero-order valence-corrected chi connectivity index (χ0v) is 10.3. The normalized spacial score (nSPS) is 35.4. The van der Waals surface area contributed by atoms with E-state index in [2.05, 4.69) is 18.7 Å². The Morgan fingerprint density at radius 2 is 1.87 bits per heavy atom. The largest absolute Gasteiger partial charge is 0.326 e. The van der Waals surface area contributed by atoms with Gasteiger partial charge in [0.15, 0.2) is 0 Å². The van der Waals surface area contributed by atoms with Crippen molar-refractivity contribution in [2.75, 3.05) is 19.6 Å². The molecule has 1 aliphatic carbocycles. The summed E-state index contributed by atoms with van der Waals surface area (Å²) in [4.78, 5) is 2.62. The SMILES string of the molecule is CCC(C)C(N)CN1CC2CCCC2C1. The number of nitrogens with two attached hydrogens (primary N) is 1. The van der Waals surface area contributed by atoms with E-state index in [1.807, 2.05) is 0 Å². The average molecular weight is 210 g/mol. The predicted octanol–water partition coefficient (Wildman–Crippen LogP) is 2.09. The maximum Gasteiger partial charge on any atom is 0.0193 e. The zero-order chi connectivity index (χ0) is 10.8. The maximum atomic E-state index is 6.22. The van der Waals surface area contributed by atoms with Crippen LogP contribution in [0.3, 0.4) is 0 Å². The molecule has 0 bridgehead atoms. The fourth-order valence-electron chi connectivity index (χ4n) is 3.26. The highest BCUT2D eigenvalue weighted by molar-refractivity contribution is 4.89. The fourth-order valence-corrected chi connectivity index (χ4v) is 3.26. The molecule has 4 unspecified atom stereocenters. The smallest absolute Gasteiger partial charge is 0.0193 e.